The lowest BCUT2D eigenvalue weighted by atomic mass is 10.1. The zero-order valence-electron chi connectivity index (χ0n) is 17.0. The van der Waals surface area contributed by atoms with E-state index in [1.807, 2.05) is 58.6 Å². The van der Waals surface area contributed by atoms with Crippen LogP contribution in [0.4, 0.5) is 0 Å². The number of carbonyl (C=O) groups excluding carboxylic acids is 1. The van der Waals surface area contributed by atoms with Crippen molar-refractivity contribution in [1.82, 2.24) is 29.5 Å². The van der Waals surface area contributed by atoms with Crippen LogP contribution in [0.3, 0.4) is 0 Å². The van der Waals surface area contributed by atoms with E-state index in [1.165, 1.54) is 0 Å². The number of hydrogen-bond donors (Lipinski definition) is 0. The van der Waals surface area contributed by atoms with Gasteiger partial charge in [0, 0.05) is 26.3 Å². The Morgan fingerprint density at radius 1 is 1.21 bits per heavy atom. The molecule has 7 nitrogen and oxygen atoms in total. The molecule has 3 aromatic heterocycles. The van der Waals surface area contributed by atoms with Gasteiger partial charge in [0.05, 0.1) is 28.0 Å². The predicted octanol–water partition coefficient (Wildman–Crippen LogP) is 3.15. The lowest BCUT2D eigenvalue weighted by molar-refractivity contribution is 0.0784. The Labute approximate surface area is 169 Å². The van der Waals surface area contributed by atoms with Crippen LogP contribution in [0.2, 0.25) is 0 Å². The highest BCUT2D eigenvalue weighted by Gasteiger charge is 2.24. The smallest absolute Gasteiger partial charge is 0.257 e. The zero-order valence-corrected chi connectivity index (χ0v) is 17.8. The zero-order chi connectivity index (χ0) is 20.3. The molecule has 0 saturated carbocycles. The lowest BCUT2D eigenvalue weighted by Crippen LogP contribution is -2.34. The average molecular weight is 399 g/mol. The summed E-state index contributed by atoms with van der Waals surface area (Å²) in [6.07, 6.45) is 3.36. The summed E-state index contributed by atoms with van der Waals surface area (Å²) < 4.78 is 1.69. The van der Waals surface area contributed by atoms with Crippen LogP contribution in [0, 0.1) is 0 Å². The third-order valence-corrected chi connectivity index (χ3v) is 5.31. The molecule has 28 heavy (non-hydrogen) atoms. The summed E-state index contributed by atoms with van der Waals surface area (Å²) in [6.45, 7) is 5.55. The molecule has 8 heteroatoms. The Hall–Kier alpha value is -2.58. The van der Waals surface area contributed by atoms with Crippen LogP contribution in [0.25, 0.3) is 16.5 Å². The normalized spacial score (nSPS) is 11.4. The van der Waals surface area contributed by atoms with Gasteiger partial charge in [-0.05, 0) is 37.5 Å². The van der Waals surface area contributed by atoms with Crippen LogP contribution in [0.5, 0.6) is 0 Å². The molecule has 0 aliphatic heterocycles. The fraction of sp³-hybridized carbons (Fsp3) is 0.400. The summed E-state index contributed by atoms with van der Waals surface area (Å²) in [4.78, 5) is 26.9. The van der Waals surface area contributed by atoms with Gasteiger partial charge >= 0.3 is 0 Å². The van der Waals surface area contributed by atoms with Gasteiger partial charge in [0.2, 0.25) is 0 Å². The Bertz CT molecular complexity index is 932. The topological polar surface area (TPSA) is 67.2 Å². The molecule has 0 N–H and O–H groups in total. The minimum Gasteiger partial charge on any atom is -0.340 e. The molecule has 0 saturated heterocycles. The van der Waals surface area contributed by atoms with Crippen LogP contribution in [-0.4, -0.2) is 69.7 Å². The van der Waals surface area contributed by atoms with Crippen molar-refractivity contribution in [1.29, 1.82) is 0 Å². The molecule has 3 rings (SSSR count). The number of amides is 1. The van der Waals surface area contributed by atoms with Gasteiger partial charge in [-0.3, -0.25) is 4.79 Å². The van der Waals surface area contributed by atoms with Gasteiger partial charge < -0.3 is 9.80 Å². The molecule has 1 amide bonds. The van der Waals surface area contributed by atoms with E-state index in [-0.39, 0.29) is 11.8 Å². The van der Waals surface area contributed by atoms with Crippen molar-refractivity contribution in [2.24, 2.45) is 0 Å². The molecule has 0 aliphatic carbocycles. The molecule has 0 atom stereocenters. The molecule has 0 unspecified atom stereocenters. The van der Waals surface area contributed by atoms with Gasteiger partial charge in [-0.25, -0.2) is 14.6 Å². The highest BCUT2D eigenvalue weighted by molar-refractivity contribution is 7.13. The third kappa shape index (κ3) is 4.28. The number of likely N-dealkylation sites (N-methyl/N-ethyl adjacent to an activating group) is 2. The molecular weight excluding hydrogens is 372 g/mol. The number of aromatic nitrogens is 4. The van der Waals surface area contributed by atoms with E-state index in [9.17, 15) is 4.79 Å². The van der Waals surface area contributed by atoms with Crippen LogP contribution in [-0.2, 0) is 0 Å². The maximum absolute atomic E-state index is 13.0. The Morgan fingerprint density at radius 3 is 2.64 bits per heavy atom. The summed E-state index contributed by atoms with van der Waals surface area (Å²) in [5, 5.41) is 6.48. The van der Waals surface area contributed by atoms with Crippen LogP contribution < -0.4 is 0 Å². The van der Waals surface area contributed by atoms with Crippen molar-refractivity contribution in [3.05, 3.63) is 47.2 Å². The van der Waals surface area contributed by atoms with Gasteiger partial charge in [-0.1, -0.05) is 19.9 Å². The largest absolute Gasteiger partial charge is 0.340 e. The van der Waals surface area contributed by atoms with E-state index in [1.54, 1.807) is 33.3 Å². The van der Waals surface area contributed by atoms with E-state index < -0.39 is 0 Å². The second kappa shape index (κ2) is 8.62. The highest BCUT2D eigenvalue weighted by Crippen LogP contribution is 2.25. The van der Waals surface area contributed by atoms with E-state index in [0.717, 1.165) is 22.8 Å². The van der Waals surface area contributed by atoms with Crippen molar-refractivity contribution < 1.29 is 4.79 Å². The first-order valence-corrected chi connectivity index (χ1v) is 10.1. The van der Waals surface area contributed by atoms with Gasteiger partial charge in [0.1, 0.15) is 0 Å². The highest BCUT2D eigenvalue weighted by atomic mass is 32.1. The number of thiophene rings is 1. The van der Waals surface area contributed by atoms with Crippen LogP contribution in [0.1, 0.15) is 35.8 Å². The first-order chi connectivity index (χ1) is 13.4. The molecule has 0 fully saturated rings. The number of carbonyl (C=O) groups is 1. The molecule has 0 radical (unpaired) electrons. The van der Waals surface area contributed by atoms with Gasteiger partial charge in [0.25, 0.3) is 11.9 Å². The molecule has 148 valence electrons. The van der Waals surface area contributed by atoms with Crippen LogP contribution >= 0.6 is 11.3 Å². The van der Waals surface area contributed by atoms with E-state index >= 15 is 0 Å². The number of rotatable bonds is 7. The van der Waals surface area contributed by atoms with E-state index in [2.05, 4.69) is 20.0 Å². The molecule has 0 spiro atoms. The average Bonchev–Trinajstić information content (AvgIpc) is 3.35. The first-order valence-electron chi connectivity index (χ1n) is 9.24. The molecule has 0 aliphatic rings. The van der Waals surface area contributed by atoms with Crippen molar-refractivity contribution in [2.75, 3.05) is 34.2 Å². The summed E-state index contributed by atoms with van der Waals surface area (Å²) in [7, 11) is 5.81. The van der Waals surface area contributed by atoms with Crippen LogP contribution in [0.15, 0.2) is 36.0 Å². The number of nitrogens with zero attached hydrogens (tertiary/aromatic N) is 6. The molecule has 0 aromatic carbocycles. The molecule has 3 aromatic rings. The van der Waals surface area contributed by atoms with Crippen molar-refractivity contribution in [3.63, 3.8) is 0 Å². The maximum Gasteiger partial charge on any atom is 0.257 e. The second-order valence-electron chi connectivity index (χ2n) is 7.26. The SMILES string of the molecule is CC(C)c1c(C(=O)N(C)CCN(C)C)cnn1-c1nccc(-c2cccs2)n1. The first kappa shape index (κ1) is 20.2. The molecular formula is C20H26N6OS. The summed E-state index contributed by atoms with van der Waals surface area (Å²) in [6, 6.07) is 5.91. The predicted molar refractivity (Wildman–Crippen MR) is 112 cm³/mol. The quantitative estimate of drug-likeness (QED) is 0.612. The number of hydrogen-bond acceptors (Lipinski definition) is 6. The Morgan fingerprint density at radius 2 is 2.00 bits per heavy atom. The Balaban J connectivity index is 1.96. The third-order valence-electron chi connectivity index (χ3n) is 4.42. The standard InChI is InChI=1S/C20H26N6OS/c1-14(2)18-15(19(27)25(5)11-10-24(3)4)13-22-26(18)20-21-9-8-16(23-20)17-7-6-12-28-17/h6-9,12-14H,10-11H2,1-5H3. The van der Waals surface area contributed by atoms with E-state index in [4.69, 9.17) is 0 Å². The summed E-state index contributed by atoms with van der Waals surface area (Å²) in [5.74, 6) is 0.536. The van der Waals surface area contributed by atoms with E-state index in [0.29, 0.717) is 18.1 Å². The van der Waals surface area contributed by atoms with Crippen molar-refractivity contribution in [2.45, 2.75) is 19.8 Å². The van der Waals surface area contributed by atoms with Gasteiger partial charge in [0.15, 0.2) is 0 Å². The summed E-state index contributed by atoms with van der Waals surface area (Å²) >= 11 is 1.63. The minimum atomic E-state index is -0.0359. The maximum atomic E-state index is 13.0. The Kier molecular flexibility index (Phi) is 6.21. The van der Waals surface area contributed by atoms with Crippen molar-refractivity contribution in [3.8, 4) is 16.5 Å². The van der Waals surface area contributed by atoms with Gasteiger partial charge in [-0.2, -0.15) is 5.10 Å². The van der Waals surface area contributed by atoms with Gasteiger partial charge in [-0.15, -0.1) is 11.3 Å². The lowest BCUT2D eigenvalue weighted by Gasteiger charge is -2.20. The second-order valence-corrected chi connectivity index (χ2v) is 8.21. The fourth-order valence-corrected chi connectivity index (χ4v) is 3.60. The monoisotopic (exact) mass is 398 g/mol. The molecule has 3 heterocycles. The summed E-state index contributed by atoms with van der Waals surface area (Å²) in [5.41, 5.74) is 2.27. The molecule has 0 bridgehead atoms. The van der Waals surface area contributed by atoms with Crippen molar-refractivity contribution >= 4 is 17.2 Å². The fourth-order valence-electron chi connectivity index (χ4n) is 2.91. The minimum absolute atomic E-state index is 0.0359.